The van der Waals surface area contributed by atoms with Crippen LogP contribution in [-0.2, 0) is 11.2 Å². The second-order valence-corrected chi connectivity index (χ2v) is 3.00. The number of pyridine rings is 1. The van der Waals surface area contributed by atoms with E-state index in [0.717, 1.165) is 17.8 Å². The molecule has 0 atom stereocenters. The molecule has 0 fully saturated rings. The number of aryl methyl sites for hydroxylation is 1. The highest BCUT2D eigenvalue weighted by molar-refractivity contribution is 5.72. The lowest BCUT2D eigenvalue weighted by atomic mass is 10.2. The Bertz CT molecular complexity index is 297. The standard InChI is InChI=1S/C10H14N2O.C2H6/c1-8-4-3-5-10(12-8)6-7-11-9(2)13;1-2/h3-5H,6-7H2,1-2H3,(H,11,13);1-2H3. The molecule has 0 spiro atoms. The summed E-state index contributed by atoms with van der Waals surface area (Å²) in [5.41, 5.74) is 2.04. The van der Waals surface area contributed by atoms with Gasteiger partial charge in [-0.1, -0.05) is 19.9 Å². The van der Waals surface area contributed by atoms with Crippen LogP contribution in [0.15, 0.2) is 18.2 Å². The third kappa shape index (κ3) is 6.66. The van der Waals surface area contributed by atoms with Crippen molar-refractivity contribution in [2.24, 2.45) is 0 Å². The first kappa shape index (κ1) is 13.6. The number of nitrogens with one attached hydrogen (secondary N) is 1. The largest absolute Gasteiger partial charge is 0.356 e. The minimum Gasteiger partial charge on any atom is -0.356 e. The van der Waals surface area contributed by atoms with E-state index in [-0.39, 0.29) is 5.91 Å². The maximum Gasteiger partial charge on any atom is 0.216 e. The number of hydrogen-bond donors (Lipinski definition) is 1. The zero-order valence-electron chi connectivity index (χ0n) is 10.0. The Morgan fingerprint density at radius 3 is 2.60 bits per heavy atom. The van der Waals surface area contributed by atoms with E-state index in [0.29, 0.717) is 6.54 Å². The van der Waals surface area contributed by atoms with Crippen molar-refractivity contribution in [2.45, 2.75) is 34.1 Å². The molecule has 0 aliphatic carbocycles. The van der Waals surface area contributed by atoms with Gasteiger partial charge in [-0.2, -0.15) is 0 Å². The monoisotopic (exact) mass is 208 g/mol. The molecule has 0 aliphatic heterocycles. The number of carbonyl (C=O) groups excluding carboxylic acids is 1. The van der Waals surface area contributed by atoms with E-state index in [1.807, 2.05) is 39.0 Å². The fourth-order valence-corrected chi connectivity index (χ4v) is 1.11. The van der Waals surface area contributed by atoms with E-state index >= 15 is 0 Å². The normalized spacial score (nSPS) is 8.80. The summed E-state index contributed by atoms with van der Waals surface area (Å²) in [6.07, 6.45) is 0.793. The van der Waals surface area contributed by atoms with E-state index in [1.54, 1.807) is 0 Å². The van der Waals surface area contributed by atoms with E-state index in [2.05, 4.69) is 10.3 Å². The first-order chi connectivity index (χ1) is 7.18. The number of aromatic nitrogens is 1. The molecule has 3 nitrogen and oxygen atoms in total. The van der Waals surface area contributed by atoms with Gasteiger partial charge in [0.1, 0.15) is 0 Å². The highest BCUT2D eigenvalue weighted by Crippen LogP contribution is 1.97. The van der Waals surface area contributed by atoms with Gasteiger partial charge < -0.3 is 5.32 Å². The van der Waals surface area contributed by atoms with Gasteiger partial charge in [0.05, 0.1) is 0 Å². The number of rotatable bonds is 3. The lowest BCUT2D eigenvalue weighted by molar-refractivity contribution is -0.118. The van der Waals surface area contributed by atoms with E-state index in [9.17, 15) is 4.79 Å². The Balaban J connectivity index is 0.000000921. The fourth-order valence-electron chi connectivity index (χ4n) is 1.11. The summed E-state index contributed by atoms with van der Waals surface area (Å²) in [5, 5.41) is 2.73. The summed E-state index contributed by atoms with van der Waals surface area (Å²) in [5.74, 6) is 0.00709. The smallest absolute Gasteiger partial charge is 0.216 e. The second-order valence-electron chi connectivity index (χ2n) is 3.00. The molecule has 0 saturated carbocycles. The molecule has 1 rings (SSSR count). The fraction of sp³-hybridized carbons (Fsp3) is 0.500. The molecule has 0 aliphatic rings. The van der Waals surface area contributed by atoms with Crippen molar-refractivity contribution in [1.82, 2.24) is 10.3 Å². The summed E-state index contributed by atoms with van der Waals surface area (Å²) in [6, 6.07) is 5.90. The predicted molar refractivity (Wildman–Crippen MR) is 62.7 cm³/mol. The molecule has 1 N–H and O–H groups in total. The van der Waals surface area contributed by atoms with Gasteiger partial charge in [0.25, 0.3) is 0 Å². The Kier molecular flexibility index (Phi) is 7.24. The van der Waals surface area contributed by atoms with Crippen LogP contribution in [0.25, 0.3) is 0 Å². The lowest BCUT2D eigenvalue weighted by Gasteiger charge is -2.02. The zero-order chi connectivity index (χ0) is 11.7. The van der Waals surface area contributed by atoms with Gasteiger partial charge in [-0.15, -0.1) is 0 Å². The van der Waals surface area contributed by atoms with Crippen LogP contribution in [0.5, 0.6) is 0 Å². The first-order valence-corrected chi connectivity index (χ1v) is 5.35. The third-order valence-electron chi connectivity index (χ3n) is 1.70. The van der Waals surface area contributed by atoms with Crippen LogP contribution >= 0.6 is 0 Å². The number of hydrogen-bond acceptors (Lipinski definition) is 2. The Morgan fingerprint density at radius 1 is 1.40 bits per heavy atom. The van der Waals surface area contributed by atoms with Gasteiger partial charge in [0.15, 0.2) is 0 Å². The van der Waals surface area contributed by atoms with Crippen LogP contribution in [0.2, 0.25) is 0 Å². The molecule has 15 heavy (non-hydrogen) atoms. The molecule has 84 valence electrons. The van der Waals surface area contributed by atoms with Gasteiger partial charge >= 0.3 is 0 Å². The molecule has 1 aromatic heterocycles. The third-order valence-corrected chi connectivity index (χ3v) is 1.70. The highest BCUT2D eigenvalue weighted by Gasteiger charge is 1.95. The molecule has 1 aromatic rings. The summed E-state index contributed by atoms with van der Waals surface area (Å²) in [7, 11) is 0. The van der Waals surface area contributed by atoms with Gasteiger partial charge in [0.2, 0.25) is 5.91 Å². The van der Waals surface area contributed by atoms with Crippen LogP contribution in [0, 0.1) is 6.92 Å². The van der Waals surface area contributed by atoms with Crippen molar-refractivity contribution in [3.8, 4) is 0 Å². The Labute approximate surface area is 91.9 Å². The van der Waals surface area contributed by atoms with Crippen LogP contribution in [0.3, 0.4) is 0 Å². The van der Waals surface area contributed by atoms with E-state index in [4.69, 9.17) is 0 Å². The minimum absolute atomic E-state index is 0.00709. The first-order valence-electron chi connectivity index (χ1n) is 5.35. The maximum absolute atomic E-state index is 10.6. The van der Waals surface area contributed by atoms with Crippen molar-refractivity contribution in [3.63, 3.8) is 0 Å². The van der Waals surface area contributed by atoms with Crippen LogP contribution in [0.4, 0.5) is 0 Å². The molecular formula is C12H20N2O. The molecule has 0 radical (unpaired) electrons. The zero-order valence-corrected chi connectivity index (χ0v) is 10.0. The molecule has 0 aromatic carbocycles. The van der Waals surface area contributed by atoms with Gasteiger partial charge in [-0.05, 0) is 19.1 Å². The minimum atomic E-state index is 0.00709. The quantitative estimate of drug-likeness (QED) is 0.826. The Hall–Kier alpha value is -1.38. The summed E-state index contributed by atoms with van der Waals surface area (Å²) in [4.78, 5) is 14.9. The highest BCUT2D eigenvalue weighted by atomic mass is 16.1. The van der Waals surface area contributed by atoms with Crippen molar-refractivity contribution in [1.29, 1.82) is 0 Å². The molecular weight excluding hydrogens is 188 g/mol. The van der Waals surface area contributed by atoms with E-state index < -0.39 is 0 Å². The predicted octanol–water partition coefficient (Wildman–Crippen LogP) is 2.09. The van der Waals surface area contributed by atoms with Crippen molar-refractivity contribution < 1.29 is 4.79 Å². The maximum atomic E-state index is 10.6. The number of amides is 1. The number of nitrogens with zero attached hydrogens (tertiary/aromatic N) is 1. The SMILES string of the molecule is CC.CC(=O)NCCc1cccc(C)n1. The molecule has 0 unspecified atom stereocenters. The summed E-state index contributed by atoms with van der Waals surface area (Å²) in [6.45, 7) is 8.14. The van der Waals surface area contributed by atoms with Gasteiger partial charge in [0, 0.05) is 31.3 Å². The van der Waals surface area contributed by atoms with Crippen molar-refractivity contribution in [3.05, 3.63) is 29.6 Å². The molecule has 1 heterocycles. The van der Waals surface area contributed by atoms with E-state index in [1.165, 1.54) is 6.92 Å². The van der Waals surface area contributed by atoms with Crippen LogP contribution in [-0.4, -0.2) is 17.4 Å². The molecule has 0 bridgehead atoms. The molecule has 3 heteroatoms. The summed E-state index contributed by atoms with van der Waals surface area (Å²) < 4.78 is 0. The van der Waals surface area contributed by atoms with Crippen LogP contribution in [0.1, 0.15) is 32.2 Å². The summed E-state index contributed by atoms with van der Waals surface area (Å²) >= 11 is 0. The molecule has 1 amide bonds. The average Bonchev–Trinajstić information content (AvgIpc) is 2.20. The van der Waals surface area contributed by atoms with Gasteiger partial charge in [-0.25, -0.2) is 0 Å². The topological polar surface area (TPSA) is 42.0 Å². The van der Waals surface area contributed by atoms with Crippen molar-refractivity contribution in [2.75, 3.05) is 6.54 Å². The van der Waals surface area contributed by atoms with Crippen molar-refractivity contribution >= 4 is 5.91 Å². The number of carbonyl (C=O) groups is 1. The Morgan fingerprint density at radius 2 is 2.07 bits per heavy atom. The average molecular weight is 208 g/mol. The second kappa shape index (κ2) is 7.97. The molecule has 0 saturated heterocycles. The van der Waals surface area contributed by atoms with Gasteiger partial charge in [-0.3, -0.25) is 9.78 Å². The lowest BCUT2D eigenvalue weighted by Crippen LogP contribution is -2.22. The van der Waals surface area contributed by atoms with Crippen LogP contribution < -0.4 is 5.32 Å².